The number of hydrogen-bond acceptors (Lipinski definition) is 4. The van der Waals surface area contributed by atoms with Gasteiger partial charge in [-0.2, -0.15) is 0 Å². The first-order valence-electron chi connectivity index (χ1n) is 25.0. The molecule has 0 bridgehead atoms. The van der Waals surface area contributed by atoms with Gasteiger partial charge in [0.05, 0.1) is 34.1 Å². The van der Waals surface area contributed by atoms with Crippen LogP contribution in [0.1, 0.15) is 18.1 Å². The highest BCUT2D eigenvalue weighted by atomic mass is 16.3. The highest BCUT2D eigenvalue weighted by molar-refractivity contribution is 6.29. The van der Waals surface area contributed by atoms with E-state index in [9.17, 15) is 0 Å². The molecule has 0 atom stereocenters. The molecule has 14 rings (SSSR count). The number of aryl methyl sites for hydroxylation is 2. The van der Waals surface area contributed by atoms with Gasteiger partial charge in [0.2, 0.25) is 0 Å². The lowest BCUT2D eigenvalue weighted by Gasteiger charge is -2.31. The van der Waals surface area contributed by atoms with Gasteiger partial charge in [0.15, 0.2) is 11.2 Å². The van der Waals surface area contributed by atoms with Crippen LogP contribution >= 0.6 is 0 Å². The highest BCUT2D eigenvalue weighted by Gasteiger charge is 2.28. The first kappa shape index (κ1) is 43.6. The van der Waals surface area contributed by atoms with E-state index in [-0.39, 0.29) is 0 Å². The van der Waals surface area contributed by atoms with Crippen LogP contribution in [0, 0.1) is 13.8 Å². The van der Waals surface area contributed by atoms with Gasteiger partial charge in [0, 0.05) is 43.4 Å². The summed E-state index contributed by atoms with van der Waals surface area (Å²) < 4.78 is 14.0. The van der Waals surface area contributed by atoms with Gasteiger partial charge in [-0.1, -0.05) is 200 Å². The van der Waals surface area contributed by atoms with Gasteiger partial charge < -0.3 is 18.6 Å². The highest BCUT2D eigenvalue weighted by Crippen LogP contribution is 2.52. The van der Waals surface area contributed by atoms with Gasteiger partial charge in [0.25, 0.3) is 0 Å². The molecule has 2 heterocycles. The minimum absolute atomic E-state index is 0.852. The van der Waals surface area contributed by atoms with Crippen molar-refractivity contribution in [1.82, 2.24) is 0 Å². The minimum Gasteiger partial charge on any atom is -0.454 e. The fraction of sp³-hybridized carbons (Fsp3) is 0.0435. The first-order valence-corrected chi connectivity index (χ1v) is 25.0. The Morgan fingerprint density at radius 1 is 0.315 bits per heavy atom. The second kappa shape index (κ2) is 17.8. The Hall–Kier alpha value is -9.38. The molecule has 2 aromatic heterocycles. The van der Waals surface area contributed by atoms with Crippen LogP contribution in [0.3, 0.4) is 0 Å². The molecule has 348 valence electrons. The molecule has 0 saturated carbocycles. The van der Waals surface area contributed by atoms with Crippen molar-refractivity contribution >= 4 is 110 Å². The summed E-state index contributed by atoms with van der Waals surface area (Å²) in [5.74, 6) is 0. The second-order valence-corrected chi connectivity index (χ2v) is 18.9. The third kappa shape index (κ3) is 7.05. The molecule has 4 nitrogen and oxygen atoms in total. The lowest BCUT2D eigenvalue weighted by molar-refractivity contribution is 0.665. The number of fused-ring (bicyclic) bond motifs is 6. The van der Waals surface area contributed by atoms with Gasteiger partial charge in [-0.05, 0) is 101 Å². The number of rotatable bonds is 8. The maximum atomic E-state index is 6.98. The summed E-state index contributed by atoms with van der Waals surface area (Å²) in [5, 5.41) is 11.5. The molecule has 12 aromatic carbocycles. The average molecular weight is 939 g/mol. The van der Waals surface area contributed by atoms with Crippen molar-refractivity contribution in [3.63, 3.8) is 0 Å². The van der Waals surface area contributed by atoms with Crippen LogP contribution < -0.4 is 9.80 Å². The largest absolute Gasteiger partial charge is 0.454 e. The topological polar surface area (TPSA) is 32.8 Å². The zero-order valence-corrected chi connectivity index (χ0v) is 40.9. The number of allylic oxidation sites excluding steroid dienone is 1. The number of hydrogen-bond donors (Lipinski definition) is 0. The monoisotopic (exact) mass is 938 g/mol. The minimum atomic E-state index is 0.852. The molecule has 0 spiro atoms. The van der Waals surface area contributed by atoms with E-state index >= 15 is 0 Å². The number of para-hydroxylation sites is 6. The third-order valence-corrected chi connectivity index (χ3v) is 14.4. The predicted octanol–water partition coefficient (Wildman–Crippen LogP) is 20.5. The van der Waals surface area contributed by atoms with E-state index in [0.717, 1.165) is 122 Å². The summed E-state index contributed by atoms with van der Waals surface area (Å²) in [6, 6.07) is 83.3. The fourth-order valence-corrected chi connectivity index (χ4v) is 11.2. The number of anilines is 6. The van der Waals surface area contributed by atoms with Crippen molar-refractivity contribution in [2.75, 3.05) is 9.80 Å². The summed E-state index contributed by atoms with van der Waals surface area (Å²) in [6.45, 7) is 9.50. The van der Waals surface area contributed by atoms with Crippen molar-refractivity contribution in [3.05, 3.63) is 254 Å². The van der Waals surface area contributed by atoms with Crippen molar-refractivity contribution in [1.29, 1.82) is 0 Å². The zero-order valence-electron chi connectivity index (χ0n) is 40.9. The molecule has 0 aliphatic carbocycles. The normalized spacial score (nSPS) is 11.5. The van der Waals surface area contributed by atoms with E-state index in [1.165, 1.54) is 21.5 Å². The number of furan rings is 2. The van der Waals surface area contributed by atoms with Gasteiger partial charge in [0.1, 0.15) is 11.2 Å². The Kier molecular flexibility index (Phi) is 10.6. The SMILES string of the molecule is C=CC.Cc1cccc2c1oc1c(N(c3ccccc3-c3ccccc3)c3ccc4ccc5c(N(c6ccccc6-c6ccccc6)c6cccc7c6oc6c(C)cccc67)ccc6ccc3c4c65)cccc12. The number of nitrogens with zero attached hydrogens (tertiary/aromatic N) is 2. The average Bonchev–Trinajstić information content (AvgIpc) is 4.03. The van der Waals surface area contributed by atoms with E-state index in [2.05, 4.69) is 261 Å². The second-order valence-electron chi connectivity index (χ2n) is 18.9. The summed E-state index contributed by atoms with van der Waals surface area (Å²) in [4.78, 5) is 4.86. The zero-order chi connectivity index (χ0) is 49.2. The maximum Gasteiger partial charge on any atom is 0.159 e. The van der Waals surface area contributed by atoms with Crippen molar-refractivity contribution in [2.24, 2.45) is 0 Å². The van der Waals surface area contributed by atoms with Crippen molar-refractivity contribution < 1.29 is 8.83 Å². The van der Waals surface area contributed by atoms with Gasteiger partial charge in [-0.15, -0.1) is 6.58 Å². The van der Waals surface area contributed by atoms with Crippen LogP contribution in [0.4, 0.5) is 34.1 Å². The van der Waals surface area contributed by atoms with E-state index in [4.69, 9.17) is 8.83 Å². The molecule has 0 radical (unpaired) electrons. The smallest absolute Gasteiger partial charge is 0.159 e. The standard InChI is InChI=1S/C66H44N2O2.C3H6/c1-41-17-13-25-49-51-27-15-31-59(65(51)69-63(41)49)67(55-29-11-9-23-47(55)43-19-5-3-6-20-43)57-39-35-45-34-38-54-58(40-36-46-33-37-53(57)61(45)62(46)54)68(56-30-12-10-24-48(56)44-21-7-4-8-22-44)60-32-16-28-52-50-26-14-18-42(2)64(50)70-66(52)60;1-3-2/h3-40H,1-2H3;3H,1H2,2H3. The van der Waals surface area contributed by atoms with Crippen LogP contribution in [-0.2, 0) is 0 Å². The summed E-state index contributed by atoms with van der Waals surface area (Å²) in [7, 11) is 0. The number of benzene rings is 12. The predicted molar refractivity (Wildman–Crippen MR) is 310 cm³/mol. The lowest BCUT2D eigenvalue weighted by atomic mass is 9.91. The Balaban J connectivity index is 0.00000168. The Morgan fingerprint density at radius 3 is 1.08 bits per heavy atom. The van der Waals surface area contributed by atoms with Crippen LogP contribution in [0.15, 0.2) is 252 Å². The molecule has 0 unspecified atom stereocenters. The van der Waals surface area contributed by atoms with E-state index in [1.807, 2.05) is 6.92 Å². The summed E-state index contributed by atoms with van der Waals surface area (Å²) in [6.07, 6.45) is 1.75. The molecule has 0 N–H and O–H groups in total. The van der Waals surface area contributed by atoms with Crippen molar-refractivity contribution in [3.8, 4) is 22.3 Å². The molecule has 0 amide bonds. The fourth-order valence-electron chi connectivity index (χ4n) is 11.2. The molecule has 0 aliphatic rings. The van der Waals surface area contributed by atoms with Crippen LogP contribution in [-0.4, -0.2) is 0 Å². The van der Waals surface area contributed by atoms with Gasteiger partial charge >= 0.3 is 0 Å². The van der Waals surface area contributed by atoms with E-state index in [1.54, 1.807) is 6.08 Å². The molecule has 4 heteroatoms. The molecule has 0 saturated heterocycles. The Labute approximate surface area is 424 Å². The van der Waals surface area contributed by atoms with Gasteiger partial charge in [-0.3, -0.25) is 0 Å². The Morgan fingerprint density at radius 2 is 0.658 bits per heavy atom. The van der Waals surface area contributed by atoms with Crippen LogP contribution in [0.2, 0.25) is 0 Å². The molecular weight excluding hydrogens is 889 g/mol. The van der Waals surface area contributed by atoms with E-state index in [0.29, 0.717) is 0 Å². The molecular formula is C69H50N2O2. The first-order chi connectivity index (χ1) is 36.0. The molecule has 0 aliphatic heterocycles. The van der Waals surface area contributed by atoms with Crippen LogP contribution in [0.25, 0.3) is 98.4 Å². The summed E-state index contributed by atoms with van der Waals surface area (Å²) in [5.41, 5.74) is 16.5. The van der Waals surface area contributed by atoms with Gasteiger partial charge in [-0.25, -0.2) is 0 Å². The molecule has 73 heavy (non-hydrogen) atoms. The third-order valence-electron chi connectivity index (χ3n) is 14.4. The quantitative estimate of drug-likeness (QED) is 0.112. The molecule has 14 aromatic rings. The van der Waals surface area contributed by atoms with Crippen molar-refractivity contribution in [2.45, 2.75) is 20.8 Å². The summed E-state index contributed by atoms with van der Waals surface area (Å²) >= 11 is 0. The molecule has 0 fully saturated rings. The maximum absolute atomic E-state index is 6.98. The van der Waals surface area contributed by atoms with Crippen LogP contribution in [0.5, 0.6) is 0 Å². The van der Waals surface area contributed by atoms with E-state index < -0.39 is 0 Å². The lowest BCUT2D eigenvalue weighted by Crippen LogP contribution is -2.13. The Bertz CT molecular complexity index is 4110.